The van der Waals surface area contributed by atoms with Gasteiger partial charge in [-0.2, -0.15) is 0 Å². The molecule has 0 bridgehead atoms. The topological polar surface area (TPSA) is 48.0 Å². The molecular weight excluding hydrogens is 282 g/mol. The number of rotatable bonds is 7. The minimum Gasteiger partial charge on any atom is -0.494 e. The Hall–Kier alpha value is -1.85. The van der Waals surface area contributed by atoms with Crippen molar-refractivity contribution in [1.29, 1.82) is 0 Å². The maximum absolute atomic E-state index is 12.6. The molecule has 1 aromatic carbocycles. The molecule has 1 fully saturated rings. The van der Waals surface area contributed by atoms with Gasteiger partial charge in [0.05, 0.1) is 26.4 Å². The van der Waals surface area contributed by atoms with Gasteiger partial charge in [-0.25, -0.2) is 0 Å². The Kier molecular flexibility index (Phi) is 6.43. The van der Waals surface area contributed by atoms with E-state index in [1.165, 1.54) is 0 Å². The molecule has 1 heterocycles. The van der Waals surface area contributed by atoms with Gasteiger partial charge < -0.3 is 19.1 Å². The van der Waals surface area contributed by atoms with E-state index in [4.69, 9.17) is 14.2 Å². The lowest BCUT2D eigenvalue weighted by Gasteiger charge is -2.29. The quantitative estimate of drug-likeness (QED) is 0.723. The second-order valence-corrected chi connectivity index (χ2v) is 4.98. The van der Waals surface area contributed by atoms with Crippen LogP contribution in [0.1, 0.15) is 12.5 Å². The fourth-order valence-corrected chi connectivity index (χ4v) is 2.36. The number of para-hydroxylation sites is 1. The molecule has 0 aromatic heterocycles. The van der Waals surface area contributed by atoms with Crippen LogP contribution in [0.25, 0.3) is 0 Å². The molecule has 5 heteroatoms. The van der Waals surface area contributed by atoms with Gasteiger partial charge >= 0.3 is 0 Å². The first-order valence-corrected chi connectivity index (χ1v) is 7.56. The van der Waals surface area contributed by atoms with Gasteiger partial charge in [0, 0.05) is 18.7 Å². The Morgan fingerprint density at radius 3 is 2.95 bits per heavy atom. The lowest BCUT2D eigenvalue weighted by atomic mass is 10.1. The average molecular weight is 305 g/mol. The van der Waals surface area contributed by atoms with E-state index in [9.17, 15) is 4.79 Å². The van der Waals surface area contributed by atoms with Crippen LogP contribution in [-0.2, 0) is 20.8 Å². The number of ether oxygens (including phenoxy) is 3. The summed E-state index contributed by atoms with van der Waals surface area (Å²) in [5.41, 5.74) is 0.969. The Labute approximate surface area is 131 Å². The zero-order valence-corrected chi connectivity index (χ0v) is 13.0. The third-order valence-electron chi connectivity index (χ3n) is 3.39. The molecule has 5 nitrogen and oxygen atoms in total. The lowest BCUT2D eigenvalue weighted by Crippen LogP contribution is -2.45. The van der Waals surface area contributed by atoms with Crippen LogP contribution in [0.4, 0.5) is 0 Å². The summed E-state index contributed by atoms with van der Waals surface area (Å²) in [5.74, 6) is 0.721. The van der Waals surface area contributed by atoms with Gasteiger partial charge in [0.25, 0.3) is 5.91 Å². The largest absolute Gasteiger partial charge is 0.494 e. The Morgan fingerprint density at radius 1 is 1.45 bits per heavy atom. The predicted molar refractivity (Wildman–Crippen MR) is 83.8 cm³/mol. The van der Waals surface area contributed by atoms with Crippen molar-refractivity contribution in [2.24, 2.45) is 0 Å². The molecule has 1 aliphatic heterocycles. The smallest absolute Gasteiger partial charge is 0.254 e. The second-order valence-electron chi connectivity index (χ2n) is 4.98. The summed E-state index contributed by atoms with van der Waals surface area (Å²) >= 11 is 0. The van der Waals surface area contributed by atoms with E-state index in [-0.39, 0.29) is 5.91 Å². The second kappa shape index (κ2) is 8.56. The molecule has 1 saturated heterocycles. The molecule has 22 heavy (non-hydrogen) atoms. The van der Waals surface area contributed by atoms with Crippen LogP contribution in [0.3, 0.4) is 0 Å². The highest BCUT2D eigenvalue weighted by molar-refractivity contribution is 5.81. The predicted octanol–water partition coefficient (Wildman–Crippen LogP) is 2.02. The monoisotopic (exact) mass is 305 g/mol. The van der Waals surface area contributed by atoms with Crippen LogP contribution in [0.2, 0.25) is 0 Å². The molecule has 1 amide bonds. The van der Waals surface area contributed by atoms with Gasteiger partial charge in [-0.05, 0) is 13.0 Å². The van der Waals surface area contributed by atoms with Crippen LogP contribution < -0.4 is 4.74 Å². The minimum absolute atomic E-state index is 0.0779. The highest BCUT2D eigenvalue weighted by atomic mass is 16.6. The van der Waals surface area contributed by atoms with Gasteiger partial charge in [0.1, 0.15) is 5.75 Å². The van der Waals surface area contributed by atoms with Gasteiger partial charge in [0.2, 0.25) is 0 Å². The maximum atomic E-state index is 12.6. The van der Waals surface area contributed by atoms with Crippen molar-refractivity contribution >= 4 is 5.91 Å². The molecule has 2 rings (SSSR count). The minimum atomic E-state index is -0.534. The summed E-state index contributed by atoms with van der Waals surface area (Å²) in [6.45, 7) is 8.48. The summed E-state index contributed by atoms with van der Waals surface area (Å²) in [4.78, 5) is 14.3. The zero-order chi connectivity index (χ0) is 15.8. The molecule has 0 unspecified atom stereocenters. The number of benzene rings is 1. The fraction of sp³-hybridized carbons (Fsp3) is 0.471. The number of hydrogen-bond donors (Lipinski definition) is 0. The average Bonchev–Trinajstić information content (AvgIpc) is 2.56. The van der Waals surface area contributed by atoms with E-state index in [0.29, 0.717) is 39.5 Å². The van der Waals surface area contributed by atoms with Crippen LogP contribution in [0.15, 0.2) is 36.9 Å². The molecule has 1 aliphatic rings. The Balaban J connectivity index is 2.10. The van der Waals surface area contributed by atoms with Crippen LogP contribution in [0.5, 0.6) is 5.75 Å². The normalized spacial score (nSPS) is 17.8. The number of nitrogens with zero attached hydrogens (tertiary/aromatic N) is 1. The van der Waals surface area contributed by atoms with E-state index in [1.807, 2.05) is 31.2 Å². The molecule has 1 aromatic rings. The number of amides is 1. The van der Waals surface area contributed by atoms with Crippen molar-refractivity contribution < 1.29 is 19.0 Å². The zero-order valence-electron chi connectivity index (χ0n) is 13.0. The molecule has 0 N–H and O–H groups in total. The van der Waals surface area contributed by atoms with Gasteiger partial charge in [-0.15, -0.1) is 6.58 Å². The fourth-order valence-electron chi connectivity index (χ4n) is 2.36. The van der Waals surface area contributed by atoms with Crippen LogP contribution in [-0.4, -0.2) is 49.9 Å². The molecule has 120 valence electrons. The number of carbonyl (C=O) groups is 1. The highest BCUT2D eigenvalue weighted by Crippen LogP contribution is 2.20. The van der Waals surface area contributed by atoms with E-state index < -0.39 is 6.10 Å². The lowest BCUT2D eigenvalue weighted by molar-refractivity contribution is -0.158. The maximum Gasteiger partial charge on any atom is 0.254 e. The van der Waals surface area contributed by atoms with Crippen LogP contribution >= 0.6 is 0 Å². The summed E-state index contributed by atoms with van der Waals surface area (Å²) in [7, 11) is 0. The number of carbonyl (C=O) groups excluding carboxylic acids is 1. The first kappa shape index (κ1) is 16.5. The van der Waals surface area contributed by atoms with E-state index >= 15 is 0 Å². The van der Waals surface area contributed by atoms with Gasteiger partial charge in [-0.3, -0.25) is 4.79 Å². The SMILES string of the molecule is C=CCN(Cc1ccccc1OCC)C(=O)[C@@H]1COCCO1. The standard InChI is InChI=1S/C17H23NO4/c1-3-9-18(17(19)16-13-20-10-11-22-16)12-14-7-5-6-8-15(14)21-4-2/h3,5-8,16H,1,4,9-13H2,2H3/t16-/m0/s1. The Bertz CT molecular complexity index is 497. The third kappa shape index (κ3) is 4.32. The number of hydrogen-bond acceptors (Lipinski definition) is 4. The van der Waals surface area contributed by atoms with Gasteiger partial charge in [-0.1, -0.05) is 24.3 Å². The summed E-state index contributed by atoms with van der Waals surface area (Å²) in [6.07, 6.45) is 1.18. The summed E-state index contributed by atoms with van der Waals surface area (Å²) in [6, 6.07) is 7.74. The third-order valence-corrected chi connectivity index (χ3v) is 3.39. The molecular formula is C17H23NO4. The molecule has 0 spiro atoms. The van der Waals surface area contributed by atoms with Crippen molar-refractivity contribution in [3.63, 3.8) is 0 Å². The van der Waals surface area contributed by atoms with Crippen molar-refractivity contribution in [2.45, 2.75) is 19.6 Å². The Morgan fingerprint density at radius 2 is 2.27 bits per heavy atom. The van der Waals surface area contributed by atoms with Crippen molar-refractivity contribution in [3.05, 3.63) is 42.5 Å². The van der Waals surface area contributed by atoms with Gasteiger partial charge in [0.15, 0.2) is 6.10 Å². The summed E-state index contributed by atoms with van der Waals surface area (Å²) < 4.78 is 16.4. The summed E-state index contributed by atoms with van der Waals surface area (Å²) in [5, 5.41) is 0. The molecule has 1 atom stereocenters. The van der Waals surface area contributed by atoms with E-state index in [1.54, 1.807) is 11.0 Å². The molecule has 0 saturated carbocycles. The molecule has 0 aliphatic carbocycles. The molecule has 0 radical (unpaired) electrons. The highest BCUT2D eigenvalue weighted by Gasteiger charge is 2.27. The van der Waals surface area contributed by atoms with E-state index in [0.717, 1.165) is 11.3 Å². The first-order valence-electron chi connectivity index (χ1n) is 7.56. The van der Waals surface area contributed by atoms with Crippen molar-refractivity contribution in [2.75, 3.05) is 33.0 Å². The first-order chi connectivity index (χ1) is 10.8. The van der Waals surface area contributed by atoms with Crippen LogP contribution in [0, 0.1) is 0 Å². The van der Waals surface area contributed by atoms with E-state index in [2.05, 4.69) is 6.58 Å². The van der Waals surface area contributed by atoms with Crippen molar-refractivity contribution in [3.8, 4) is 5.75 Å². The van der Waals surface area contributed by atoms with Crippen molar-refractivity contribution in [1.82, 2.24) is 4.90 Å².